The first kappa shape index (κ1) is 30.6. The van der Waals surface area contributed by atoms with Crippen molar-refractivity contribution >= 4 is 28.5 Å². The zero-order valence-corrected chi connectivity index (χ0v) is 24.1. The van der Waals surface area contributed by atoms with Crippen LogP contribution in [-0.4, -0.2) is 43.7 Å². The largest absolute Gasteiger partial charge is 0.381 e. The average Bonchev–Trinajstić information content (AvgIpc) is 3.50. The summed E-state index contributed by atoms with van der Waals surface area (Å²) in [5.74, 6) is -8.46. The Morgan fingerprint density at radius 1 is 0.804 bits per heavy atom. The summed E-state index contributed by atoms with van der Waals surface area (Å²) >= 11 is 0. The van der Waals surface area contributed by atoms with Crippen LogP contribution in [0.3, 0.4) is 0 Å². The molecule has 3 heterocycles. The SMILES string of the molecule is CC(Cc1cc(F)cc(F)c1F)Nc1cc[nH]c(=O)c1-c1nc2cc3c(cc2[nH]1)C(=O)N(C(C)Cc1cc(F)cc(F)c1F)C3=O. The fourth-order valence-electron chi connectivity index (χ4n) is 5.69. The summed E-state index contributed by atoms with van der Waals surface area (Å²) in [4.78, 5) is 50.4. The van der Waals surface area contributed by atoms with Gasteiger partial charge in [-0.25, -0.2) is 31.3 Å². The lowest BCUT2D eigenvalue weighted by Gasteiger charge is -2.22. The Hall–Kier alpha value is -5.40. The molecule has 2 amide bonds. The number of amides is 2. The van der Waals surface area contributed by atoms with Gasteiger partial charge in [0.1, 0.15) is 23.0 Å². The molecule has 0 fully saturated rings. The zero-order valence-electron chi connectivity index (χ0n) is 24.1. The predicted octanol–water partition coefficient (Wildman–Crippen LogP) is 6.02. The third kappa shape index (κ3) is 5.39. The quantitative estimate of drug-likeness (QED) is 0.109. The highest BCUT2D eigenvalue weighted by molar-refractivity contribution is 6.23. The number of hydrogen-bond donors (Lipinski definition) is 3. The Labute approximate surface area is 256 Å². The van der Waals surface area contributed by atoms with Crippen molar-refractivity contribution < 1.29 is 35.9 Å². The maximum Gasteiger partial charge on any atom is 0.261 e. The summed E-state index contributed by atoms with van der Waals surface area (Å²) in [5.41, 5.74) is -0.296. The molecule has 1 aliphatic rings. The topological polar surface area (TPSA) is 111 Å². The highest BCUT2D eigenvalue weighted by Gasteiger charge is 2.39. The van der Waals surface area contributed by atoms with Crippen LogP contribution in [0.1, 0.15) is 45.7 Å². The van der Waals surface area contributed by atoms with E-state index in [0.717, 1.165) is 17.0 Å². The number of anilines is 1. The number of fused-ring (bicyclic) bond motifs is 2. The molecule has 236 valence electrons. The summed E-state index contributed by atoms with van der Waals surface area (Å²) < 4.78 is 83.3. The van der Waals surface area contributed by atoms with Crippen LogP contribution in [0, 0.1) is 34.9 Å². The summed E-state index contributed by atoms with van der Waals surface area (Å²) in [5, 5.41) is 3.04. The van der Waals surface area contributed by atoms with Crippen LogP contribution in [0.15, 0.2) is 53.5 Å². The van der Waals surface area contributed by atoms with Gasteiger partial charge in [0.2, 0.25) is 0 Å². The van der Waals surface area contributed by atoms with Crippen LogP contribution >= 0.6 is 0 Å². The van der Waals surface area contributed by atoms with E-state index in [4.69, 9.17) is 0 Å². The number of imidazole rings is 1. The van der Waals surface area contributed by atoms with E-state index in [1.807, 2.05) is 0 Å². The van der Waals surface area contributed by atoms with E-state index in [0.29, 0.717) is 17.6 Å². The molecule has 0 saturated carbocycles. The van der Waals surface area contributed by atoms with Gasteiger partial charge >= 0.3 is 0 Å². The van der Waals surface area contributed by atoms with Gasteiger partial charge < -0.3 is 15.3 Å². The van der Waals surface area contributed by atoms with E-state index in [1.165, 1.54) is 31.3 Å². The highest BCUT2D eigenvalue weighted by Crippen LogP contribution is 2.32. The number of H-pyrrole nitrogens is 2. The molecule has 0 radical (unpaired) electrons. The van der Waals surface area contributed by atoms with Gasteiger partial charge in [-0.1, -0.05) is 0 Å². The van der Waals surface area contributed by atoms with Crippen molar-refractivity contribution in [1.29, 1.82) is 0 Å². The molecule has 2 aromatic heterocycles. The Kier molecular flexibility index (Phi) is 7.66. The second-order valence-electron chi connectivity index (χ2n) is 11.1. The third-order valence-electron chi connectivity index (χ3n) is 7.74. The molecule has 0 spiro atoms. The number of aromatic amines is 2. The molecule has 0 saturated heterocycles. The number of imide groups is 1. The molecule has 14 heteroatoms. The van der Waals surface area contributed by atoms with Crippen molar-refractivity contribution in [1.82, 2.24) is 19.9 Å². The molecular weight excluding hydrogens is 616 g/mol. The van der Waals surface area contributed by atoms with Gasteiger partial charge in [-0.3, -0.25) is 19.3 Å². The maximum atomic E-state index is 14.3. The van der Waals surface area contributed by atoms with Gasteiger partial charge in [-0.05, 0) is 68.1 Å². The van der Waals surface area contributed by atoms with E-state index < -0.39 is 64.4 Å². The molecular formula is C32H23F6N5O3. The van der Waals surface area contributed by atoms with Crippen LogP contribution in [0.25, 0.3) is 22.4 Å². The lowest BCUT2D eigenvalue weighted by atomic mass is 10.0. The number of halogens is 6. The minimum absolute atomic E-state index is 0.00346. The van der Waals surface area contributed by atoms with Crippen molar-refractivity contribution in [2.75, 3.05) is 5.32 Å². The number of carbonyl (C=O) groups excluding carboxylic acids is 2. The minimum Gasteiger partial charge on any atom is -0.381 e. The second-order valence-corrected chi connectivity index (χ2v) is 11.1. The monoisotopic (exact) mass is 639 g/mol. The molecule has 3 aromatic carbocycles. The van der Waals surface area contributed by atoms with Crippen LogP contribution in [0.4, 0.5) is 32.0 Å². The molecule has 8 nitrogen and oxygen atoms in total. The summed E-state index contributed by atoms with van der Waals surface area (Å²) in [7, 11) is 0. The number of benzene rings is 3. The van der Waals surface area contributed by atoms with Crippen molar-refractivity contribution in [3.8, 4) is 11.4 Å². The first-order valence-electron chi connectivity index (χ1n) is 14.0. The number of rotatable bonds is 8. The average molecular weight is 640 g/mol. The number of nitrogens with zero attached hydrogens (tertiary/aromatic N) is 2. The van der Waals surface area contributed by atoms with Gasteiger partial charge in [0.15, 0.2) is 23.3 Å². The van der Waals surface area contributed by atoms with E-state index >= 15 is 0 Å². The van der Waals surface area contributed by atoms with Gasteiger partial charge in [0.25, 0.3) is 17.4 Å². The summed E-state index contributed by atoms with van der Waals surface area (Å²) in [6, 6.07) is 5.22. The molecule has 3 N–H and O–H groups in total. The second kappa shape index (κ2) is 11.5. The van der Waals surface area contributed by atoms with Crippen LogP contribution in [0.5, 0.6) is 0 Å². The highest BCUT2D eigenvalue weighted by atomic mass is 19.2. The van der Waals surface area contributed by atoms with Crippen molar-refractivity contribution in [3.63, 3.8) is 0 Å². The minimum atomic E-state index is -1.39. The van der Waals surface area contributed by atoms with E-state index in [-0.39, 0.29) is 57.7 Å². The number of hydrogen-bond acceptors (Lipinski definition) is 5. The fraction of sp³-hybridized carbons (Fsp3) is 0.188. The van der Waals surface area contributed by atoms with Crippen molar-refractivity contribution in [2.24, 2.45) is 0 Å². The molecule has 0 bridgehead atoms. The van der Waals surface area contributed by atoms with Crippen LogP contribution in [-0.2, 0) is 12.8 Å². The van der Waals surface area contributed by atoms with Gasteiger partial charge in [-0.2, -0.15) is 0 Å². The smallest absolute Gasteiger partial charge is 0.261 e. The number of nitrogens with one attached hydrogen (secondary N) is 3. The van der Waals surface area contributed by atoms with E-state index in [2.05, 4.69) is 20.3 Å². The number of pyridine rings is 1. The Morgan fingerprint density at radius 3 is 2.02 bits per heavy atom. The van der Waals surface area contributed by atoms with Crippen molar-refractivity contribution in [2.45, 2.75) is 38.8 Å². The number of carbonyl (C=O) groups is 2. The van der Waals surface area contributed by atoms with Crippen LogP contribution in [0.2, 0.25) is 0 Å². The van der Waals surface area contributed by atoms with E-state index in [1.54, 1.807) is 6.92 Å². The molecule has 2 unspecified atom stereocenters. The summed E-state index contributed by atoms with van der Waals surface area (Å²) in [6.45, 7) is 3.07. The first-order chi connectivity index (χ1) is 21.8. The zero-order chi connectivity index (χ0) is 33.0. The fourth-order valence-corrected chi connectivity index (χ4v) is 5.69. The standard InChI is InChI=1S/C32H23F6N5O3/c1-13(5-15-7-17(33)9-21(35)27(15)37)40-23-3-4-39-30(44)26(23)29-41-24-11-19-20(12-25(24)42-29)32(46)43(31(19)45)14(2)6-16-8-18(34)10-22(36)28(16)38/h3-4,7-14H,5-6H2,1-2H3,(H,41,42)(H2,39,40,44). The van der Waals surface area contributed by atoms with E-state index in [9.17, 15) is 40.7 Å². The Bertz CT molecular complexity index is 2080. The van der Waals surface area contributed by atoms with Gasteiger partial charge in [0, 0.05) is 30.4 Å². The third-order valence-corrected chi connectivity index (χ3v) is 7.74. The Morgan fingerprint density at radius 2 is 1.39 bits per heavy atom. The van der Waals surface area contributed by atoms with Gasteiger partial charge in [-0.15, -0.1) is 0 Å². The number of aromatic nitrogens is 3. The predicted molar refractivity (Wildman–Crippen MR) is 155 cm³/mol. The lowest BCUT2D eigenvalue weighted by molar-refractivity contribution is 0.0596. The lowest BCUT2D eigenvalue weighted by Crippen LogP contribution is -2.39. The van der Waals surface area contributed by atoms with Crippen LogP contribution < -0.4 is 10.9 Å². The Balaban J connectivity index is 1.28. The molecule has 5 aromatic rings. The van der Waals surface area contributed by atoms with Crippen molar-refractivity contribution in [3.05, 3.63) is 116 Å². The van der Waals surface area contributed by atoms with Gasteiger partial charge in [0.05, 0.1) is 27.8 Å². The molecule has 2 atom stereocenters. The molecule has 1 aliphatic heterocycles. The normalized spacial score (nSPS) is 14.2. The molecule has 46 heavy (non-hydrogen) atoms. The molecule has 0 aliphatic carbocycles. The maximum absolute atomic E-state index is 14.3. The molecule has 6 rings (SSSR count). The summed E-state index contributed by atoms with van der Waals surface area (Å²) in [6.07, 6.45) is 0.898. The first-order valence-corrected chi connectivity index (χ1v) is 14.0.